The molecule has 0 amide bonds. The molecule has 1 aromatic rings. The van der Waals surface area contributed by atoms with Gasteiger partial charge in [-0.25, -0.2) is 0 Å². The second-order valence-corrected chi connectivity index (χ2v) is 4.31. The maximum Gasteiger partial charge on any atom is 0.228 e. The second-order valence-electron chi connectivity index (χ2n) is 4.31. The van der Waals surface area contributed by atoms with E-state index in [1.165, 1.54) is 0 Å². The van der Waals surface area contributed by atoms with Crippen LogP contribution >= 0.6 is 0 Å². The van der Waals surface area contributed by atoms with Crippen LogP contribution in [0.4, 0.5) is 0 Å². The van der Waals surface area contributed by atoms with Crippen molar-refractivity contribution < 1.29 is 9.26 Å². The lowest BCUT2D eigenvalue weighted by molar-refractivity contribution is 0.0854. The van der Waals surface area contributed by atoms with E-state index in [4.69, 9.17) is 15.0 Å². The first-order valence-electron chi connectivity index (χ1n) is 6.32. The molecule has 0 bridgehead atoms. The molecule has 0 aliphatic heterocycles. The molecule has 1 rings (SSSR count). The van der Waals surface area contributed by atoms with Crippen molar-refractivity contribution in [3.63, 3.8) is 0 Å². The molecule has 0 aromatic carbocycles. The average Bonchev–Trinajstić information content (AvgIpc) is 2.74. The lowest BCUT2D eigenvalue weighted by Crippen LogP contribution is -2.22. The number of rotatable bonds is 8. The van der Waals surface area contributed by atoms with Gasteiger partial charge in [-0.2, -0.15) is 4.98 Å². The number of methoxy groups -OCH3 is 1. The molecule has 98 valence electrons. The van der Waals surface area contributed by atoms with E-state index in [0.29, 0.717) is 18.1 Å². The van der Waals surface area contributed by atoms with Crippen LogP contribution in [0.25, 0.3) is 0 Å². The van der Waals surface area contributed by atoms with Crippen molar-refractivity contribution in [2.45, 2.75) is 58.1 Å². The Morgan fingerprint density at radius 1 is 1.29 bits per heavy atom. The number of aromatic nitrogens is 2. The standard InChI is InChI=1S/C12H23N3O2/c1-4-6-9(13)8-11-14-12(15-17-11)10(16-3)7-5-2/h9-10H,4-8,13H2,1-3H3. The van der Waals surface area contributed by atoms with Gasteiger partial charge in [-0.1, -0.05) is 31.8 Å². The Bertz CT molecular complexity index is 314. The van der Waals surface area contributed by atoms with Gasteiger partial charge in [-0.3, -0.25) is 0 Å². The zero-order valence-corrected chi connectivity index (χ0v) is 11.0. The van der Waals surface area contributed by atoms with Crippen molar-refractivity contribution in [1.29, 1.82) is 0 Å². The maximum atomic E-state index is 5.93. The minimum absolute atomic E-state index is 0.0695. The summed E-state index contributed by atoms with van der Waals surface area (Å²) in [6, 6.07) is 0.0977. The maximum absolute atomic E-state index is 5.93. The van der Waals surface area contributed by atoms with Gasteiger partial charge in [0.15, 0.2) is 0 Å². The zero-order chi connectivity index (χ0) is 12.7. The van der Waals surface area contributed by atoms with E-state index in [-0.39, 0.29) is 12.1 Å². The van der Waals surface area contributed by atoms with Crippen molar-refractivity contribution in [3.05, 3.63) is 11.7 Å². The molecule has 0 aliphatic carbocycles. The highest BCUT2D eigenvalue weighted by Gasteiger charge is 2.17. The van der Waals surface area contributed by atoms with Crippen LogP contribution in [0.3, 0.4) is 0 Å². The van der Waals surface area contributed by atoms with Crippen LogP contribution in [-0.4, -0.2) is 23.3 Å². The highest BCUT2D eigenvalue weighted by molar-refractivity contribution is 4.93. The van der Waals surface area contributed by atoms with Crippen molar-refractivity contribution in [3.8, 4) is 0 Å². The molecule has 5 nitrogen and oxygen atoms in total. The first kappa shape index (κ1) is 14.1. The van der Waals surface area contributed by atoms with Crippen LogP contribution in [0.5, 0.6) is 0 Å². The van der Waals surface area contributed by atoms with Gasteiger partial charge in [0.1, 0.15) is 6.10 Å². The Hall–Kier alpha value is -0.940. The molecule has 17 heavy (non-hydrogen) atoms. The highest BCUT2D eigenvalue weighted by Crippen LogP contribution is 2.19. The largest absolute Gasteiger partial charge is 0.373 e. The van der Waals surface area contributed by atoms with Gasteiger partial charge in [0.05, 0.1) is 0 Å². The minimum Gasteiger partial charge on any atom is -0.373 e. The van der Waals surface area contributed by atoms with Crippen LogP contribution in [0.15, 0.2) is 4.52 Å². The van der Waals surface area contributed by atoms with E-state index < -0.39 is 0 Å². The van der Waals surface area contributed by atoms with E-state index in [2.05, 4.69) is 24.0 Å². The Morgan fingerprint density at radius 3 is 2.59 bits per heavy atom. The molecule has 0 spiro atoms. The first-order chi connectivity index (χ1) is 8.21. The first-order valence-corrected chi connectivity index (χ1v) is 6.32. The third-order valence-electron chi connectivity index (χ3n) is 2.70. The van der Waals surface area contributed by atoms with Crippen molar-refractivity contribution in [2.75, 3.05) is 7.11 Å². The SMILES string of the molecule is CCCC(N)Cc1nc(C(CCC)OC)no1. The molecule has 1 aromatic heterocycles. The fourth-order valence-corrected chi connectivity index (χ4v) is 1.79. The summed E-state index contributed by atoms with van der Waals surface area (Å²) >= 11 is 0. The molecular formula is C12H23N3O2. The molecule has 0 aliphatic rings. The van der Waals surface area contributed by atoms with E-state index in [0.717, 1.165) is 25.7 Å². The molecule has 2 unspecified atom stereocenters. The summed E-state index contributed by atoms with van der Waals surface area (Å²) in [6.45, 7) is 4.21. The fraction of sp³-hybridized carbons (Fsp3) is 0.833. The molecule has 0 fully saturated rings. The van der Waals surface area contributed by atoms with Crippen LogP contribution in [0, 0.1) is 0 Å². The van der Waals surface area contributed by atoms with Crippen LogP contribution in [0.2, 0.25) is 0 Å². The summed E-state index contributed by atoms with van der Waals surface area (Å²) in [6.07, 6.45) is 4.54. The number of ether oxygens (including phenoxy) is 1. The quantitative estimate of drug-likeness (QED) is 0.755. The van der Waals surface area contributed by atoms with Gasteiger partial charge in [-0.15, -0.1) is 0 Å². The smallest absolute Gasteiger partial charge is 0.228 e. The third-order valence-corrected chi connectivity index (χ3v) is 2.70. The molecule has 1 heterocycles. The van der Waals surface area contributed by atoms with Gasteiger partial charge in [0.25, 0.3) is 0 Å². The summed E-state index contributed by atoms with van der Waals surface area (Å²) < 4.78 is 10.5. The fourth-order valence-electron chi connectivity index (χ4n) is 1.79. The van der Waals surface area contributed by atoms with Gasteiger partial charge >= 0.3 is 0 Å². The lowest BCUT2D eigenvalue weighted by atomic mass is 10.1. The lowest BCUT2D eigenvalue weighted by Gasteiger charge is -2.08. The Balaban J connectivity index is 2.57. The molecule has 0 radical (unpaired) electrons. The molecule has 0 saturated heterocycles. The average molecular weight is 241 g/mol. The normalized spacial score (nSPS) is 14.8. The summed E-state index contributed by atoms with van der Waals surface area (Å²) in [7, 11) is 1.67. The molecular weight excluding hydrogens is 218 g/mol. The summed E-state index contributed by atoms with van der Waals surface area (Å²) in [4.78, 5) is 4.34. The number of hydrogen-bond acceptors (Lipinski definition) is 5. The van der Waals surface area contributed by atoms with Crippen LogP contribution in [-0.2, 0) is 11.2 Å². The predicted octanol–water partition coefficient (Wildman–Crippen LogP) is 2.23. The predicted molar refractivity (Wildman–Crippen MR) is 65.5 cm³/mol. The third kappa shape index (κ3) is 4.44. The van der Waals surface area contributed by atoms with E-state index >= 15 is 0 Å². The van der Waals surface area contributed by atoms with Gasteiger partial charge < -0.3 is 15.0 Å². The van der Waals surface area contributed by atoms with Crippen molar-refractivity contribution in [1.82, 2.24) is 10.1 Å². The topological polar surface area (TPSA) is 74.2 Å². The van der Waals surface area contributed by atoms with Gasteiger partial charge in [0.2, 0.25) is 11.7 Å². The summed E-state index contributed by atoms with van der Waals surface area (Å²) in [5.74, 6) is 1.24. The molecule has 2 atom stereocenters. The highest BCUT2D eigenvalue weighted by atomic mass is 16.5. The van der Waals surface area contributed by atoms with E-state index in [1.807, 2.05) is 0 Å². The summed E-state index contributed by atoms with van der Waals surface area (Å²) in [5.41, 5.74) is 5.93. The Morgan fingerprint density at radius 2 is 2.00 bits per heavy atom. The van der Waals surface area contributed by atoms with E-state index in [9.17, 15) is 0 Å². The number of nitrogens with zero attached hydrogens (tertiary/aromatic N) is 2. The van der Waals surface area contributed by atoms with Gasteiger partial charge in [0, 0.05) is 19.6 Å². The minimum atomic E-state index is -0.0695. The molecule has 0 saturated carbocycles. The van der Waals surface area contributed by atoms with Crippen LogP contribution < -0.4 is 5.73 Å². The second kappa shape index (κ2) is 7.40. The van der Waals surface area contributed by atoms with E-state index in [1.54, 1.807) is 7.11 Å². The molecule has 2 N–H and O–H groups in total. The van der Waals surface area contributed by atoms with Crippen molar-refractivity contribution >= 4 is 0 Å². The number of hydrogen-bond donors (Lipinski definition) is 1. The Labute approximate surface area is 103 Å². The monoisotopic (exact) mass is 241 g/mol. The van der Waals surface area contributed by atoms with Crippen molar-refractivity contribution in [2.24, 2.45) is 5.73 Å². The Kier molecular flexibility index (Phi) is 6.15. The molecule has 5 heteroatoms. The number of nitrogens with two attached hydrogens (primary N) is 1. The van der Waals surface area contributed by atoms with Crippen LogP contribution in [0.1, 0.15) is 57.3 Å². The summed E-state index contributed by atoms with van der Waals surface area (Å²) in [5, 5.41) is 3.95. The zero-order valence-electron chi connectivity index (χ0n) is 11.0. The van der Waals surface area contributed by atoms with Gasteiger partial charge in [-0.05, 0) is 12.8 Å².